The third-order valence-corrected chi connectivity index (χ3v) is 8.56. The van der Waals surface area contributed by atoms with Gasteiger partial charge in [0.25, 0.3) is 0 Å². The molecule has 7 nitrogen and oxygen atoms in total. The quantitative estimate of drug-likeness (QED) is 0.520. The Hall–Kier alpha value is -3.16. The van der Waals surface area contributed by atoms with Crippen LogP contribution in [0.15, 0.2) is 55.0 Å². The zero-order valence-electron chi connectivity index (χ0n) is 23.2. The highest BCUT2D eigenvalue weighted by atomic mass is 16.3. The Morgan fingerprint density at radius 3 is 2.37 bits per heavy atom. The number of pyridine rings is 1. The molecule has 1 N–H and O–H groups in total. The zero-order chi connectivity index (χ0) is 27.1. The molecule has 1 atom stereocenters. The number of likely N-dealkylation sites (tertiary alicyclic amines) is 2. The molecule has 5 rings (SSSR count). The molecular weight excluding hydrogens is 474 g/mol. The van der Waals surface area contributed by atoms with Gasteiger partial charge >= 0.3 is 0 Å². The molecule has 0 saturated carbocycles. The molecule has 2 aromatic heterocycles. The molecule has 38 heavy (non-hydrogen) atoms. The minimum atomic E-state index is -1.21. The summed E-state index contributed by atoms with van der Waals surface area (Å²) in [5, 5.41) is 12.5. The minimum absolute atomic E-state index is 0.132. The minimum Gasteiger partial charge on any atom is -0.380 e. The lowest BCUT2D eigenvalue weighted by molar-refractivity contribution is -0.129. The normalized spacial score (nSPS) is 19.7. The van der Waals surface area contributed by atoms with Gasteiger partial charge in [-0.3, -0.25) is 9.78 Å². The molecule has 2 aliphatic rings. The number of nitrogens with zero attached hydrogens (tertiary/aromatic N) is 5. The van der Waals surface area contributed by atoms with Crippen LogP contribution in [-0.2, 0) is 10.4 Å². The van der Waals surface area contributed by atoms with Gasteiger partial charge < -0.3 is 14.9 Å². The average Bonchev–Trinajstić information content (AvgIpc) is 2.92. The Labute approximate surface area is 226 Å². The molecule has 2 saturated heterocycles. The standard InChI is InChI=1S/C31H39N5O2/c1-21(2)23-6-8-26(9-7-23)31(38,30(4)19-35(5)20-30)27-16-25(17-32-18-27)29-33-13-10-28(34-29)24-11-14-36(15-12-24)22(3)37/h6-10,13,16-18,21,24,38H,11-12,14-15,19-20H2,1-5H3. The van der Waals surface area contributed by atoms with Gasteiger partial charge in [-0.1, -0.05) is 45.0 Å². The van der Waals surface area contributed by atoms with Crippen molar-refractivity contribution in [2.24, 2.45) is 5.41 Å². The van der Waals surface area contributed by atoms with Crippen LogP contribution in [0.25, 0.3) is 11.4 Å². The van der Waals surface area contributed by atoms with Crippen molar-refractivity contribution < 1.29 is 9.90 Å². The van der Waals surface area contributed by atoms with Crippen molar-refractivity contribution in [3.8, 4) is 11.4 Å². The largest absolute Gasteiger partial charge is 0.380 e. The van der Waals surface area contributed by atoms with Gasteiger partial charge in [0.1, 0.15) is 5.60 Å². The fourth-order valence-electron chi connectivity index (χ4n) is 6.34. The van der Waals surface area contributed by atoms with Crippen molar-refractivity contribution in [1.29, 1.82) is 0 Å². The van der Waals surface area contributed by atoms with Crippen LogP contribution in [0.2, 0.25) is 0 Å². The Morgan fingerprint density at radius 1 is 1.08 bits per heavy atom. The third kappa shape index (κ3) is 4.74. The molecule has 0 radical (unpaired) electrons. The van der Waals surface area contributed by atoms with E-state index in [0.29, 0.717) is 17.7 Å². The highest BCUT2D eigenvalue weighted by Gasteiger charge is 2.55. The number of piperidine rings is 1. The molecule has 1 unspecified atom stereocenters. The van der Waals surface area contributed by atoms with Crippen LogP contribution in [0.5, 0.6) is 0 Å². The fraction of sp³-hybridized carbons (Fsp3) is 0.484. The second kappa shape index (κ2) is 10.2. The lowest BCUT2D eigenvalue weighted by Gasteiger charge is -2.55. The van der Waals surface area contributed by atoms with Crippen LogP contribution in [0.1, 0.15) is 74.8 Å². The SMILES string of the molecule is CC(=O)N1CCC(c2ccnc(-c3cncc(C(O)(c4ccc(C(C)C)cc4)C4(C)CN(C)C4)c3)n2)CC1. The number of carbonyl (C=O) groups excluding carboxylic acids is 1. The van der Waals surface area contributed by atoms with Crippen LogP contribution >= 0.6 is 0 Å². The van der Waals surface area contributed by atoms with Crippen molar-refractivity contribution >= 4 is 5.91 Å². The first kappa shape index (κ1) is 26.4. The first-order chi connectivity index (χ1) is 18.1. The fourth-order valence-corrected chi connectivity index (χ4v) is 6.34. The number of aliphatic hydroxyl groups is 1. The van der Waals surface area contributed by atoms with Crippen LogP contribution in [0.4, 0.5) is 0 Å². The lowest BCUT2D eigenvalue weighted by atomic mass is 9.62. The number of amides is 1. The molecule has 0 spiro atoms. The predicted octanol–water partition coefficient (Wildman–Crippen LogP) is 4.58. The molecule has 2 aliphatic heterocycles. The van der Waals surface area contributed by atoms with E-state index in [0.717, 1.165) is 61.4 Å². The molecule has 1 aromatic carbocycles. The van der Waals surface area contributed by atoms with Gasteiger partial charge in [-0.15, -0.1) is 0 Å². The molecule has 7 heteroatoms. The molecule has 0 aliphatic carbocycles. The van der Waals surface area contributed by atoms with Gasteiger partial charge in [0.05, 0.1) is 0 Å². The lowest BCUT2D eigenvalue weighted by Crippen LogP contribution is -2.63. The van der Waals surface area contributed by atoms with Crippen LogP contribution in [-0.4, -0.2) is 69.0 Å². The molecule has 0 bridgehead atoms. The Balaban J connectivity index is 1.49. The van der Waals surface area contributed by atoms with E-state index in [-0.39, 0.29) is 11.3 Å². The average molecular weight is 514 g/mol. The summed E-state index contributed by atoms with van der Waals surface area (Å²) in [7, 11) is 2.08. The third-order valence-electron chi connectivity index (χ3n) is 8.56. The van der Waals surface area contributed by atoms with E-state index in [1.165, 1.54) is 5.56 Å². The molecule has 3 aromatic rings. The van der Waals surface area contributed by atoms with Gasteiger partial charge in [0, 0.05) is 79.8 Å². The van der Waals surface area contributed by atoms with E-state index < -0.39 is 5.60 Å². The maximum Gasteiger partial charge on any atom is 0.219 e. The highest BCUT2D eigenvalue weighted by Crippen LogP contribution is 2.50. The van der Waals surface area contributed by atoms with Gasteiger partial charge in [-0.25, -0.2) is 9.97 Å². The van der Waals surface area contributed by atoms with Gasteiger partial charge in [0.15, 0.2) is 5.82 Å². The second-order valence-electron chi connectivity index (χ2n) is 11.8. The maximum atomic E-state index is 12.5. The number of hydrogen-bond donors (Lipinski definition) is 1. The molecule has 200 valence electrons. The van der Waals surface area contributed by atoms with Crippen molar-refractivity contribution in [1.82, 2.24) is 24.8 Å². The van der Waals surface area contributed by atoms with Crippen LogP contribution < -0.4 is 0 Å². The molecule has 2 fully saturated rings. The van der Waals surface area contributed by atoms with Crippen molar-refractivity contribution in [3.63, 3.8) is 0 Å². The number of rotatable bonds is 6. The first-order valence-electron chi connectivity index (χ1n) is 13.7. The zero-order valence-corrected chi connectivity index (χ0v) is 23.2. The van der Waals surface area contributed by atoms with Crippen LogP contribution in [0.3, 0.4) is 0 Å². The molecular formula is C31H39N5O2. The summed E-state index contributed by atoms with van der Waals surface area (Å²) in [5.74, 6) is 1.46. The van der Waals surface area contributed by atoms with E-state index in [2.05, 4.69) is 67.0 Å². The number of aromatic nitrogens is 3. The van der Waals surface area contributed by atoms with E-state index in [1.807, 2.05) is 17.0 Å². The topological polar surface area (TPSA) is 82.5 Å². The summed E-state index contributed by atoms with van der Waals surface area (Å²) in [4.78, 5) is 29.9. The number of hydrogen-bond acceptors (Lipinski definition) is 6. The summed E-state index contributed by atoms with van der Waals surface area (Å²) >= 11 is 0. The van der Waals surface area contributed by atoms with E-state index in [1.54, 1.807) is 25.5 Å². The first-order valence-corrected chi connectivity index (χ1v) is 13.7. The Kier molecular flexibility index (Phi) is 7.09. The summed E-state index contributed by atoms with van der Waals surface area (Å²) in [6.07, 6.45) is 7.16. The summed E-state index contributed by atoms with van der Waals surface area (Å²) < 4.78 is 0. The van der Waals surface area contributed by atoms with E-state index >= 15 is 0 Å². The number of benzene rings is 1. The van der Waals surface area contributed by atoms with Gasteiger partial charge in [-0.2, -0.15) is 0 Å². The number of carbonyl (C=O) groups is 1. The van der Waals surface area contributed by atoms with Crippen molar-refractivity contribution in [2.75, 3.05) is 33.2 Å². The van der Waals surface area contributed by atoms with Crippen molar-refractivity contribution in [3.05, 3.63) is 77.4 Å². The monoisotopic (exact) mass is 513 g/mol. The summed E-state index contributed by atoms with van der Waals surface area (Å²) in [6, 6.07) is 12.4. The summed E-state index contributed by atoms with van der Waals surface area (Å²) in [6.45, 7) is 11.2. The summed E-state index contributed by atoms with van der Waals surface area (Å²) in [5.41, 5.74) is 3.09. The highest BCUT2D eigenvalue weighted by molar-refractivity contribution is 5.73. The second-order valence-corrected chi connectivity index (χ2v) is 11.8. The van der Waals surface area contributed by atoms with E-state index in [4.69, 9.17) is 4.98 Å². The Morgan fingerprint density at radius 2 is 1.76 bits per heavy atom. The smallest absolute Gasteiger partial charge is 0.219 e. The maximum absolute atomic E-state index is 12.5. The predicted molar refractivity (Wildman–Crippen MR) is 149 cm³/mol. The Bertz CT molecular complexity index is 1290. The van der Waals surface area contributed by atoms with E-state index in [9.17, 15) is 9.90 Å². The molecule has 4 heterocycles. The molecule has 1 amide bonds. The van der Waals surface area contributed by atoms with Gasteiger partial charge in [-0.05, 0) is 49.1 Å². The van der Waals surface area contributed by atoms with Crippen molar-refractivity contribution in [2.45, 2.75) is 58.0 Å². The van der Waals surface area contributed by atoms with Gasteiger partial charge in [0.2, 0.25) is 5.91 Å². The van der Waals surface area contributed by atoms with Crippen LogP contribution in [0, 0.1) is 5.41 Å².